The van der Waals surface area contributed by atoms with Crippen LogP contribution >= 0.6 is 12.4 Å². The first-order chi connectivity index (χ1) is 12.6. The fraction of sp³-hybridized carbons (Fsp3) is 0.600. The second-order valence-corrected chi connectivity index (χ2v) is 7.25. The SMILES string of the molecule is COc1ccccc1C(C)CC(=O)N1CCCC(N2CCNCC2=O)C1.Cl. The van der Waals surface area contributed by atoms with E-state index in [9.17, 15) is 9.59 Å². The number of methoxy groups -OCH3 is 1. The van der Waals surface area contributed by atoms with Gasteiger partial charge in [-0.05, 0) is 30.4 Å². The Kier molecular flexibility index (Phi) is 7.92. The molecule has 27 heavy (non-hydrogen) atoms. The third-order valence-corrected chi connectivity index (χ3v) is 5.47. The Labute approximate surface area is 167 Å². The van der Waals surface area contributed by atoms with Gasteiger partial charge in [-0.25, -0.2) is 0 Å². The van der Waals surface area contributed by atoms with Gasteiger partial charge in [-0.2, -0.15) is 0 Å². The average Bonchev–Trinajstić information content (AvgIpc) is 2.68. The molecule has 2 atom stereocenters. The number of piperazine rings is 1. The number of amides is 2. The zero-order valence-electron chi connectivity index (χ0n) is 16.1. The summed E-state index contributed by atoms with van der Waals surface area (Å²) in [5.41, 5.74) is 1.06. The lowest BCUT2D eigenvalue weighted by molar-refractivity contribution is -0.140. The van der Waals surface area contributed by atoms with Crippen LogP contribution in [0, 0.1) is 0 Å². The van der Waals surface area contributed by atoms with Crippen molar-refractivity contribution >= 4 is 24.2 Å². The zero-order chi connectivity index (χ0) is 18.5. The molecular weight excluding hydrogens is 366 g/mol. The summed E-state index contributed by atoms with van der Waals surface area (Å²) >= 11 is 0. The Morgan fingerprint density at radius 1 is 1.33 bits per heavy atom. The molecule has 2 fully saturated rings. The number of hydrogen-bond acceptors (Lipinski definition) is 4. The van der Waals surface area contributed by atoms with Crippen LogP contribution in [0.2, 0.25) is 0 Å². The molecule has 150 valence electrons. The lowest BCUT2D eigenvalue weighted by Gasteiger charge is -2.41. The predicted molar refractivity (Wildman–Crippen MR) is 107 cm³/mol. The number of likely N-dealkylation sites (tertiary alicyclic amines) is 1. The first-order valence-corrected chi connectivity index (χ1v) is 9.51. The summed E-state index contributed by atoms with van der Waals surface area (Å²) in [4.78, 5) is 28.9. The van der Waals surface area contributed by atoms with Gasteiger partial charge in [-0.1, -0.05) is 25.1 Å². The molecule has 3 rings (SSSR count). The van der Waals surface area contributed by atoms with E-state index >= 15 is 0 Å². The first kappa shape index (κ1) is 21.5. The maximum atomic E-state index is 12.9. The van der Waals surface area contributed by atoms with Crippen molar-refractivity contribution in [2.24, 2.45) is 0 Å². The summed E-state index contributed by atoms with van der Waals surface area (Å²) in [5.74, 6) is 1.24. The standard InChI is InChI=1S/C20H29N3O3.ClH/c1-15(17-7-3-4-8-18(17)26-2)12-19(24)22-10-5-6-16(14-22)23-11-9-21-13-20(23)25;/h3-4,7-8,15-16,21H,5-6,9-14H2,1-2H3;1H. The number of para-hydroxylation sites is 1. The van der Waals surface area contributed by atoms with Crippen molar-refractivity contribution in [3.05, 3.63) is 29.8 Å². The molecule has 0 saturated carbocycles. The van der Waals surface area contributed by atoms with E-state index in [0.29, 0.717) is 19.5 Å². The minimum atomic E-state index is 0. The zero-order valence-corrected chi connectivity index (χ0v) is 17.0. The van der Waals surface area contributed by atoms with Gasteiger partial charge in [0.15, 0.2) is 0 Å². The van der Waals surface area contributed by atoms with Gasteiger partial charge in [0.05, 0.1) is 13.7 Å². The van der Waals surface area contributed by atoms with Crippen LogP contribution in [0.25, 0.3) is 0 Å². The first-order valence-electron chi connectivity index (χ1n) is 9.51. The van der Waals surface area contributed by atoms with E-state index in [0.717, 1.165) is 43.8 Å². The summed E-state index contributed by atoms with van der Waals surface area (Å²) in [6.45, 7) is 5.49. The molecule has 1 N–H and O–H groups in total. The van der Waals surface area contributed by atoms with Crippen molar-refractivity contribution < 1.29 is 14.3 Å². The fourth-order valence-corrected chi connectivity index (χ4v) is 4.02. The molecule has 0 aliphatic carbocycles. The molecule has 1 aromatic carbocycles. The molecule has 0 radical (unpaired) electrons. The fourth-order valence-electron chi connectivity index (χ4n) is 4.02. The largest absolute Gasteiger partial charge is 0.496 e. The van der Waals surface area contributed by atoms with Crippen LogP contribution < -0.4 is 10.1 Å². The maximum absolute atomic E-state index is 12.9. The molecule has 2 saturated heterocycles. The monoisotopic (exact) mass is 395 g/mol. The van der Waals surface area contributed by atoms with Gasteiger partial charge in [-0.3, -0.25) is 9.59 Å². The third kappa shape index (κ3) is 5.14. The number of rotatable bonds is 5. The second kappa shape index (κ2) is 9.95. The van der Waals surface area contributed by atoms with E-state index in [2.05, 4.69) is 12.2 Å². The van der Waals surface area contributed by atoms with E-state index < -0.39 is 0 Å². The van der Waals surface area contributed by atoms with Gasteiger partial charge in [0, 0.05) is 38.6 Å². The Balaban J connectivity index is 0.00000261. The van der Waals surface area contributed by atoms with Gasteiger partial charge in [0.25, 0.3) is 0 Å². The summed E-state index contributed by atoms with van der Waals surface area (Å²) < 4.78 is 5.43. The highest BCUT2D eigenvalue weighted by Gasteiger charge is 2.32. The summed E-state index contributed by atoms with van der Waals surface area (Å²) in [7, 11) is 1.66. The number of carbonyl (C=O) groups is 2. The lowest BCUT2D eigenvalue weighted by atomic mass is 9.95. The molecule has 2 aliphatic heterocycles. The lowest BCUT2D eigenvalue weighted by Crippen LogP contribution is -2.57. The van der Waals surface area contributed by atoms with Gasteiger partial charge >= 0.3 is 0 Å². The van der Waals surface area contributed by atoms with Crippen molar-refractivity contribution in [1.82, 2.24) is 15.1 Å². The molecule has 0 bridgehead atoms. The Morgan fingerprint density at radius 3 is 2.85 bits per heavy atom. The molecule has 1 aromatic rings. The highest BCUT2D eigenvalue weighted by atomic mass is 35.5. The Bertz CT molecular complexity index is 655. The second-order valence-electron chi connectivity index (χ2n) is 7.25. The number of ether oxygens (including phenoxy) is 1. The topological polar surface area (TPSA) is 61.9 Å². The van der Waals surface area contributed by atoms with Crippen LogP contribution in [0.1, 0.15) is 37.7 Å². The maximum Gasteiger partial charge on any atom is 0.236 e. The van der Waals surface area contributed by atoms with Gasteiger partial charge in [0.1, 0.15) is 5.75 Å². The number of halogens is 1. The number of hydrogen-bond donors (Lipinski definition) is 1. The normalized spacial score (nSPS) is 21.4. The van der Waals surface area contributed by atoms with E-state index in [1.54, 1.807) is 7.11 Å². The van der Waals surface area contributed by atoms with Crippen molar-refractivity contribution in [2.45, 2.75) is 38.1 Å². The molecular formula is C20H30ClN3O3. The van der Waals surface area contributed by atoms with Crippen LogP contribution in [0.3, 0.4) is 0 Å². The van der Waals surface area contributed by atoms with Gasteiger partial charge in [0.2, 0.25) is 11.8 Å². The van der Waals surface area contributed by atoms with Gasteiger partial charge < -0.3 is 19.9 Å². The molecule has 2 aliphatic rings. The Hall–Kier alpha value is -1.79. The molecule has 2 heterocycles. The summed E-state index contributed by atoms with van der Waals surface area (Å²) in [6, 6.07) is 8.03. The van der Waals surface area contributed by atoms with Crippen molar-refractivity contribution in [2.75, 3.05) is 39.8 Å². The average molecular weight is 396 g/mol. The summed E-state index contributed by atoms with van der Waals surface area (Å²) in [6.07, 6.45) is 2.40. The minimum absolute atomic E-state index is 0. The molecule has 6 nitrogen and oxygen atoms in total. The van der Waals surface area contributed by atoms with Crippen LogP contribution in [0.4, 0.5) is 0 Å². The molecule has 2 amide bonds. The molecule has 0 spiro atoms. The van der Waals surface area contributed by atoms with Crippen molar-refractivity contribution in [3.63, 3.8) is 0 Å². The quantitative estimate of drug-likeness (QED) is 0.828. The number of nitrogens with one attached hydrogen (secondary N) is 1. The van der Waals surface area contributed by atoms with E-state index in [4.69, 9.17) is 4.74 Å². The van der Waals surface area contributed by atoms with Gasteiger partial charge in [-0.15, -0.1) is 12.4 Å². The predicted octanol–water partition coefficient (Wildman–Crippen LogP) is 2.03. The third-order valence-electron chi connectivity index (χ3n) is 5.47. The highest BCUT2D eigenvalue weighted by molar-refractivity contribution is 5.85. The molecule has 0 aromatic heterocycles. The van der Waals surface area contributed by atoms with E-state index in [1.807, 2.05) is 34.1 Å². The van der Waals surface area contributed by atoms with Crippen LogP contribution in [0.5, 0.6) is 5.75 Å². The van der Waals surface area contributed by atoms with Crippen LogP contribution in [0.15, 0.2) is 24.3 Å². The van der Waals surface area contributed by atoms with Crippen molar-refractivity contribution in [1.29, 1.82) is 0 Å². The number of nitrogens with zero attached hydrogens (tertiary/aromatic N) is 2. The highest BCUT2D eigenvalue weighted by Crippen LogP contribution is 2.29. The van der Waals surface area contributed by atoms with E-state index in [-0.39, 0.29) is 36.2 Å². The molecule has 2 unspecified atom stereocenters. The van der Waals surface area contributed by atoms with Crippen LogP contribution in [-0.2, 0) is 9.59 Å². The summed E-state index contributed by atoms with van der Waals surface area (Å²) in [5, 5.41) is 3.11. The van der Waals surface area contributed by atoms with E-state index in [1.165, 1.54) is 0 Å². The number of benzene rings is 1. The minimum Gasteiger partial charge on any atom is -0.496 e. The van der Waals surface area contributed by atoms with Crippen molar-refractivity contribution in [3.8, 4) is 5.75 Å². The smallest absolute Gasteiger partial charge is 0.236 e. The Morgan fingerprint density at radius 2 is 2.11 bits per heavy atom. The number of carbonyl (C=O) groups excluding carboxylic acids is 2. The molecule has 7 heteroatoms. The van der Waals surface area contributed by atoms with Crippen LogP contribution in [-0.4, -0.2) is 67.5 Å². The number of piperidine rings is 1.